The highest BCUT2D eigenvalue weighted by molar-refractivity contribution is 5.77. The molecule has 21 heavy (non-hydrogen) atoms. The Balaban J connectivity index is 0.00000141. The number of carbonyl (C=O) groups excluding carboxylic acids is 1. The van der Waals surface area contributed by atoms with E-state index in [4.69, 9.17) is 9.47 Å². The number of Topliss-reactive ketones (excluding diaryl/α,β-unsaturated/α-hetero) is 1. The molecule has 1 aliphatic rings. The smallest absolute Gasteiger partial charge is 0.213 e. The average Bonchev–Trinajstić information content (AvgIpc) is 2.46. The molecular formula is C16H28N2O3. The topological polar surface area (TPSA) is 60.5 Å². The van der Waals surface area contributed by atoms with Crippen LogP contribution in [0.5, 0.6) is 11.6 Å². The van der Waals surface area contributed by atoms with Crippen molar-refractivity contribution in [3.63, 3.8) is 0 Å². The van der Waals surface area contributed by atoms with E-state index in [0.717, 1.165) is 19.4 Å². The lowest BCUT2D eigenvalue weighted by molar-refractivity contribution is -0.118. The molecule has 1 aliphatic carbocycles. The summed E-state index contributed by atoms with van der Waals surface area (Å²) < 4.78 is 11.0. The molecule has 1 N–H and O–H groups in total. The molecule has 0 aliphatic heterocycles. The predicted molar refractivity (Wildman–Crippen MR) is 85.0 cm³/mol. The third-order valence-electron chi connectivity index (χ3n) is 3.03. The average molecular weight is 296 g/mol. The SMILES string of the molecule is CC.CCNC1CC(Oc2ccc(OCC(C)=O)cn2)C1.[HH]. The standard InChI is InChI=1S/C14H20N2O3.C2H6.H2/c1-3-15-11-6-13(7-11)19-14-5-4-12(8-16-14)18-9-10(2)17;1-2;/h4-5,8,11,13,15H,3,6-7,9H2,1-2H3;1-2H3;1H. The van der Waals surface area contributed by atoms with Crippen molar-refractivity contribution in [2.24, 2.45) is 0 Å². The zero-order valence-corrected chi connectivity index (χ0v) is 13.4. The molecule has 0 unspecified atom stereocenters. The van der Waals surface area contributed by atoms with Crippen LogP contribution in [0.25, 0.3) is 0 Å². The van der Waals surface area contributed by atoms with Crippen molar-refractivity contribution in [1.82, 2.24) is 10.3 Å². The van der Waals surface area contributed by atoms with Gasteiger partial charge in [0.15, 0.2) is 5.78 Å². The van der Waals surface area contributed by atoms with Gasteiger partial charge in [-0.15, -0.1) is 0 Å². The fourth-order valence-corrected chi connectivity index (χ4v) is 1.99. The van der Waals surface area contributed by atoms with E-state index in [-0.39, 0.29) is 19.9 Å². The predicted octanol–water partition coefficient (Wildman–Crippen LogP) is 2.84. The van der Waals surface area contributed by atoms with Gasteiger partial charge in [-0.05, 0) is 32.4 Å². The molecule has 1 fully saturated rings. The van der Waals surface area contributed by atoms with Crippen LogP contribution in [-0.2, 0) is 4.79 Å². The van der Waals surface area contributed by atoms with E-state index >= 15 is 0 Å². The molecule has 1 heterocycles. The molecule has 1 aromatic rings. The summed E-state index contributed by atoms with van der Waals surface area (Å²) in [5.41, 5.74) is 0. The van der Waals surface area contributed by atoms with Crippen molar-refractivity contribution in [3.05, 3.63) is 18.3 Å². The third-order valence-corrected chi connectivity index (χ3v) is 3.03. The summed E-state index contributed by atoms with van der Waals surface area (Å²) in [5.74, 6) is 1.18. The fourth-order valence-electron chi connectivity index (χ4n) is 1.99. The van der Waals surface area contributed by atoms with Crippen LogP contribution in [0, 0.1) is 0 Å². The van der Waals surface area contributed by atoms with Gasteiger partial charge < -0.3 is 14.8 Å². The quantitative estimate of drug-likeness (QED) is 0.838. The Bertz CT molecular complexity index is 420. The van der Waals surface area contributed by atoms with Crippen LogP contribution in [0.1, 0.15) is 42.0 Å². The summed E-state index contributed by atoms with van der Waals surface area (Å²) in [7, 11) is 0. The number of nitrogens with one attached hydrogen (secondary N) is 1. The molecule has 0 bridgehead atoms. The number of ether oxygens (including phenoxy) is 2. The van der Waals surface area contributed by atoms with Gasteiger partial charge >= 0.3 is 0 Å². The number of pyridine rings is 1. The summed E-state index contributed by atoms with van der Waals surface area (Å²) >= 11 is 0. The Kier molecular flexibility index (Phi) is 7.75. The largest absolute Gasteiger partial charge is 0.484 e. The summed E-state index contributed by atoms with van der Waals surface area (Å²) in [6.45, 7) is 8.67. The molecule has 5 nitrogen and oxygen atoms in total. The lowest BCUT2D eigenvalue weighted by atomic mass is 9.89. The Morgan fingerprint density at radius 3 is 2.67 bits per heavy atom. The van der Waals surface area contributed by atoms with Gasteiger partial charge in [-0.1, -0.05) is 20.8 Å². The second-order valence-electron chi connectivity index (χ2n) is 4.79. The van der Waals surface area contributed by atoms with Gasteiger partial charge in [0, 0.05) is 13.5 Å². The Labute approximate surface area is 128 Å². The number of ketones is 1. The van der Waals surface area contributed by atoms with E-state index < -0.39 is 0 Å². The van der Waals surface area contributed by atoms with Gasteiger partial charge in [0.2, 0.25) is 5.88 Å². The number of rotatable bonds is 7. The summed E-state index contributed by atoms with van der Waals surface area (Å²) in [5, 5.41) is 3.38. The lowest BCUT2D eigenvalue weighted by Gasteiger charge is -2.35. The molecule has 120 valence electrons. The molecule has 0 aromatic carbocycles. The minimum Gasteiger partial charge on any atom is -0.484 e. The van der Waals surface area contributed by atoms with Crippen LogP contribution in [0.4, 0.5) is 0 Å². The van der Waals surface area contributed by atoms with E-state index in [9.17, 15) is 4.79 Å². The first-order valence-corrected chi connectivity index (χ1v) is 7.65. The van der Waals surface area contributed by atoms with Crippen LogP contribution in [-0.4, -0.2) is 36.1 Å². The molecule has 2 rings (SSSR count). The molecule has 0 saturated heterocycles. The number of nitrogens with zero attached hydrogens (tertiary/aromatic N) is 1. The van der Waals surface area contributed by atoms with Crippen molar-refractivity contribution in [2.45, 2.75) is 52.7 Å². The van der Waals surface area contributed by atoms with E-state index in [2.05, 4.69) is 17.2 Å². The van der Waals surface area contributed by atoms with Gasteiger partial charge in [-0.3, -0.25) is 4.79 Å². The van der Waals surface area contributed by atoms with Crippen molar-refractivity contribution in [2.75, 3.05) is 13.2 Å². The molecule has 0 radical (unpaired) electrons. The van der Waals surface area contributed by atoms with Gasteiger partial charge in [0.05, 0.1) is 6.20 Å². The first-order valence-electron chi connectivity index (χ1n) is 7.65. The van der Waals surface area contributed by atoms with Crippen molar-refractivity contribution in [1.29, 1.82) is 0 Å². The Morgan fingerprint density at radius 1 is 1.43 bits per heavy atom. The highest BCUT2D eigenvalue weighted by Gasteiger charge is 2.30. The van der Waals surface area contributed by atoms with E-state index in [1.165, 1.54) is 6.92 Å². The maximum Gasteiger partial charge on any atom is 0.213 e. The van der Waals surface area contributed by atoms with E-state index in [0.29, 0.717) is 17.7 Å². The molecular weight excluding hydrogens is 268 g/mol. The molecule has 1 aromatic heterocycles. The molecule has 0 atom stereocenters. The second kappa shape index (κ2) is 9.34. The summed E-state index contributed by atoms with van der Waals surface area (Å²) in [6.07, 6.45) is 3.88. The number of aromatic nitrogens is 1. The van der Waals surface area contributed by atoms with Crippen molar-refractivity contribution >= 4 is 5.78 Å². The van der Waals surface area contributed by atoms with E-state index in [1.54, 1.807) is 18.3 Å². The fraction of sp³-hybridized carbons (Fsp3) is 0.625. The summed E-state index contributed by atoms with van der Waals surface area (Å²) in [6, 6.07) is 4.12. The Morgan fingerprint density at radius 2 is 2.14 bits per heavy atom. The molecule has 0 spiro atoms. The Hall–Kier alpha value is -1.62. The first-order chi connectivity index (χ1) is 10.2. The molecule has 0 amide bonds. The maximum absolute atomic E-state index is 10.8. The van der Waals surface area contributed by atoms with Gasteiger partial charge in [-0.2, -0.15) is 0 Å². The zero-order chi connectivity index (χ0) is 15.7. The van der Waals surface area contributed by atoms with Crippen LogP contribution in [0.2, 0.25) is 0 Å². The summed E-state index contributed by atoms with van der Waals surface area (Å²) in [4.78, 5) is 15.0. The molecule has 1 saturated carbocycles. The van der Waals surface area contributed by atoms with Gasteiger partial charge in [-0.25, -0.2) is 4.98 Å². The van der Waals surface area contributed by atoms with Gasteiger partial charge in [0.1, 0.15) is 18.5 Å². The minimum atomic E-state index is -0.00994. The monoisotopic (exact) mass is 296 g/mol. The van der Waals surface area contributed by atoms with Crippen LogP contribution < -0.4 is 14.8 Å². The van der Waals surface area contributed by atoms with Crippen molar-refractivity contribution < 1.29 is 15.7 Å². The number of hydrogen-bond donors (Lipinski definition) is 1. The highest BCUT2D eigenvalue weighted by atomic mass is 16.5. The third kappa shape index (κ3) is 6.12. The zero-order valence-electron chi connectivity index (χ0n) is 13.4. The minimum absolute atomic E-state index is 0. The lowest BCUT2D eigenvalue weighted by Crippen LogP contribution is -2.46. The second-order valence-corrected chi connectivity index (χ2v) is 4.79. The van der Waals surface area contributed by atoms with Crippen molar-refractivity contribution in [3.8, 4) is 11.6 Å². The number of carbonyl (C=O) groups is 1. The molecule has 5 heteroatoms. The highest BCUT2D eigenvalue weighted by Crippen LogP contribution is 2.25. The first kappa shape index (κ1) is 17.4. The van der Waals surface area contributed by atoms with E-state index in [1.807, 2.05) is 13.8 Å². The normalized spacial score (nSPS) is 19.8. The van der Waals surface area contributed by atoms with Crippen LogP contribution in [0.15, 0.2) is 18.3 Å². The number of hydrogen-bond acceptors (Lipinski definition) is 5. The maximum atomic E-state index is 10.8. The van der Waals surface area contributed by atoms with Gasteiger partial charge in [0.25, 0.3) is 0 Å². The van der Waals surface area contributed by atoms with Crippen LogP contribution in [0.3, 0.4) is 0 Å². The van der Waals surface area contributed by atoms with Crippen LogP contribution >= 0.6 is 0 Å².